The molecule has 0 heterocycles. The summed E-state index contributed by atoms with van der Waals surface area (Å²) < 4.78 is 4.80. The van der Waals surface area contributed by atoms with E-state index in [1.54, 1.807) is 7.00 Å². The summed E-state index contributed by atoms with van der Waals surface area (Å²) in [5.74, 6) is 0. The average Bonchev–Trinajstić information content (AvgIpc) is 1.61. The Balaban J connectivity index is 2.66. The predicted molar refractivity (Wildman–Crippen MR) is 31.7 cm³/mol. The van der Waals surface area contributed by atoms with Crippen molar-refractivity contribution in [2.75, 3.05) is 6.61 Å². The maximum atomic E-state index is 4.80. The Morgan fingerprint density at radius 1 is 1.83 bits per heavy atom. The summed E-state index contributed by atoms with van der Waals surface area (Å²) in [6.45, 7) is 4.59. The summed E-state index contributed by atoms with van der Waals surface area (Å²) in [7, 11) is 3.61. The van der Waals surface area contributed by atoms with Crippen LogP contribution in [0.2, 0.25) is 0 Å². The van der Waals surface area contributed by atoms with Gasteiger partial charge in [-0.3, -0.25) is 0 Å². The third-order valence-corrected chi connectivity index (χ3v) is 0.399. The maximum absolute atomic E-state index is 4.80. The molecule has 0 aliphatic carbocycles. The van der Waals surface area contributed by atoms with Crippen LogP contribution >= 0.6 is 0 Å². The number of rotatable bonds is 2. The molecule has 1 nitrogen and oxygen atoms in total. The van der Waals surface area contributed by atoms with E-state index in [1.165, 1.54) is 0 Å². The molecule has 0 aromatic rings. The molecule has 0 spiro atoms. The molecule has 0 amide bonds. The first kappa shape index (κ1) is 5.99. The summed E-state index contributed by atoms with van der Waals surface area (Å²) >= 11 is 0. The molecule has 0 fully saturated rings. The van der Waals surface area contributed by atoms with Crippen LogP contribution in [0.4, 0.5) is 0 Å². The minimum absolute atomic E-state index is 0.768. The van der Waals surface area contributed by atoms with E-state index in [2.05, 4.69) is 0 Å². The topological polar surface area (TPSA) is 9.23 Å². The monoisotopic (exact) mass is 80.1 g/mol. The fourth-order valence-electron chi connectivity index (χ4n) is 0.192. The van der Waals surface area contributed by atoms with E-state index in [4.69, 9.17) is 4.65 Å². The van der Waals surface area contributed by atoms with E-state index < -0.39 is 0 Å². The van der Waals surface area contributed by atoms with Gasteiger partial charge in [0.25, 0.3) is 0 Å². The summed E-state index contributed by atoms with van der Waals surface area (Å²) in [4.78, 5) is 0. The van der Waals surface area contributed by atoms with Gasteiger partial charge in [0, 0.05) is 0 Å². The molecule has 0 saturated heterocycles. The van der Waals surface area contributed by atoms with E-state index in [1.807, 2.05) is 21.4 Å². The van der Waals surface area contributed by atoms with Gasteiger partial charge < -0.3 is 0 Å². The van der Waals surface area contributed by atoms with Gasteiger partial charge in [-0.2, -0.15) is 0 Å². The van der Waals surface area contributed by atoms with E-state index in [-0.39, 0.29) is 0 Å². The Morgan fingerprint density at radius 3 is 2.67 bits per heavy atom. The van der Waals surface area contributed by atoms with Gasteiger partial charge in [-0.05, 0) is 0 Å². The Bertz CT molecular complexity index is 44.1. The van der Waals surface area contributed by atoms with Crippen LogP contribution in [0.1, 0.15) is 6.92 Å². The fourth-order valence-corrected chi connectivity index (χ4v) is 0.192. The molecule has 0 aromatic carbocycles. The number of hydrogen-bond donors (Lipinski definition) is 0. The first-order chi connectivity index (χ1) is 2.91. The summed E-state index contributed by atoms with van der Waals surface area (Å²) in [6.07, 6.45) is 0. The number of hydrogen-bond acceptors (Lipinski definition) is 1. The van der Waals surface area contributed by atoms with Crippen molar-refractivity contribution in [2.45, 2.75) is 6.92 Å². The van der Waals surface area contributed by atoms with Crippen LogP contribution in [0.25, 0.3) is 0 Å². The molecule has 0 aliphatic rings. The first-order valence-electron chi connectivity index (χ1n) is 2.14. The summed E-state index contributed by atoms with van der Waals surface area (Å²) in [5.41, 5.74) is 0. The van der Waals surface area contributed by atoms with Crippen molar-refractivity contribution in [3.8, 4) is 0 Å². The molecule has 0 bridgehead atoms. The van der Waals surface area contributed by atoms with Gasteiger partial charge in [0.2, 0.25) is 0 Å². The van der Waals surface area contributed by atoms with Crippen molar-refractivity contribution in [1.29, 1.82) is 0 Å². The van der Waals surface area contributed by atoms with E-state index in [0.717, 1.165) is 6.61 Å². The Morgan fingerprint density at radius 2 is 2.50 bits per heavy atom. The Kier molecular flexibility index (Phi) is 4.99. The van der Waals surface area contributed by atoms with E-state index in [0.29, 0.717) is 0 Å². The molecule has 0 saturated carbocycles. The molecule has 0 unspecified atom stereocenters. The van der Waals surface area contributed by atoms with Gasteiger partial charge in [0.15, 0.2) is 0 Å². The standard InChI is InChI=1S/C2H7B3O/c1-2-6-5-4-3/h2-3H2,1H3. The SMILES string of the molecule is BB=BOCC. The molecule has 0 radical (unpaired) electrons. The predicted octanol–water partition coefficient (Wildman–Crippen LogP) is -1.19. The van der Waals surface area contributed by atoms with Gasteiger partial charge in [-0.1, -0.05) is 0 Å². The normalized spacial score (nSPS) is 6.83. The van der Waals surface area contributed by atoms with Crippen LogP contribution in [-0.4, -0.2) is 28.0 Å². The van der Waals surface area contributed by atoms with Crippen LogP contribution in [0, 0.1) is 0 Å². The third-order valence-electron chi connectivity index (χ3n) is 0.399. The molecule has 0 aromatic heterocycles. The van der Waals surface area contributed by atoms with Crippen LogP contribution in [0.5, 0.6) is 0 Å². The van der Waals surface area contributed by atoms with Crippen LogP contribution in [0.15, 0.2) is 0 Å². The van der Waals surface area contributed by atoms with Gasteiger partial charge >= 0.3 is 39.6 Å². The fraction of sp³-hybridized carbons (Fsp3) is 1.00. The molecule has 0 N–H and O–H groups in total. The average molecular weight is 79.5 g/mol. The molecule has 0 aliphatic heterocycles. The van der Waals surface area contributed by atoms with Gasteiger partial charge in [-0.15, -0.1) is 0 Å². The molecular formula is C2H7B3O. The van der Waals surface area contributed by atoms with Crippen molar-refractivity contribution in [3.63, 3.8) is 0 Å². The van der Waals surface area contributed by atoms with E-state index >= 15 is 0 Å². The Labute approximate surface area is 40.6 Å². The molecule has 30 valence electrons. The van der Waals surface area contributed by atoms with Crippen molar-refractivity contribution in [2.24, 2.45) is 0 Å². The quantitative estimate of drug-likeness (QED) is 0.378. The Hall–Kier alpha value is -0.00519. The van der Waals surface area contributed by atoms with Crippen molar-refractivity contribution in [3.05, 3.63) is 0 Å². The van der Waals surface area contributed by atoms with Gasteiger partial charge in [0.1, 0.15) is 0 Å². The van der Waals surface area contributed by atoms with Crippen molar-refractivity contribution < 1.29 is 4.65 Å². The molecule has 0 atom stereocenters. The second-order valence-electron chi connectivity index (χ2n) is 0.925. The third kappa shape index (κ3) is 3.99. The van der Waals surface area contributed by atoms with Crippen molar-refractivity contribution >= 4 is 21.4 Å². The zero-order valence-corrected chi connectivity index (χ0v) is 4.27. The molecule has 6 heavy (non-hydrogen) atoms. The second kappa shape index (κ2) is 4.99. The second-order valence-corrected chi connectivity index (χ2v) is 0.925. The zero-order valence-electron chi connectivity index (χ0n) is 4.27. The molecule has 0 rings (SSSR count). The van der Waals surface area contributed by atoms with Crippen LogP contribution < -0.4 is 0 Å². The first-order valence-corrected chi connectivity index (χ1v) is 2.14. The van der Waals surface area contributed by atoms with Crippen LogP contribution in [0.3, 0.4) is 0 Å². The molecular weight excluding hydrogens is 72.5 g/mol. The zero-order chi connectivity index (χ0) is 4.83. The summed E-state index contributed by atoms with van der Waals surface area (Å²) in [5, 5.41) is 0. The van der Waals surface area contributed by atoms with Gasteiger partial charge in [0.05, 0.1) is 0 Å². The van der Waals surface area contributed by atoms with Gasteiger partial charge in [-0.25, -0.2) is 0 Å². The molecule has 4 heteroatoms. The summed E-state index contributed by atoms with van der Waals surface area (Å²) in [6, 6.07) is 0. The van der Waals surface area contributed by atoms with E-state index in [9.17, 15) is 0 Å². The minimum atomic E-state index is 0.768. The van der Waals surface area contributed by atoms with Crippen LogP contribution in [-0.2, 0) is 4.65 Å². The van der Waals surface area contributed by atoms with Crippen molar-refractivity contribution in [1.82, 2.24) is 0 Å².